The maximum absolute atomic E-state index is 3.88. The molecule has 1 heterocycles. The van der Waals surface area contributed by atoms with Gasteiger partial charge in [-0.25, -0.2) is 0 Å². The monoisotopic (exact) mass is 391 g/mol. The van der Waals surface area contributed by atoms with Gasteiger partial charge >= 0.3 is 0 Å². The number of piperazine rings is 1. The lowest BCUT2D eigenvalue weighted by molar-refractivity contribution is 0.152. The summed E-state index contributed by atoms with van der Waals surface area (Å²) >= 11 is 3.64. The fourth-order valence-corrected chi connectivity index (χ4v) is 5.34. The van der Waals surface area contributed by atoms with Gasteiger partial charge in [0.2, 0.25) is 0 Å². The third kappa shape index (κ3) is 3.44. The van der Waals surface area contributed by atoms with Crippen molar-refractivity contribution >= 4 is 15.9 Å². The van der Waals surface area contributed by atoms with Crippen LogP contribution in [0.5, 0.6) is 0 Å². The molecule has 1 aliphatic heterocycles. The van der Waals surface area contributed by atoms with Crippen molar-refractivity contribution < 1.29 is 0 Å². The number of likely N-dealkylation sites (N-methyl/N-ethyl adjacent to an activating group) is 1. The molecule has 1 N–H and O–H groups in total. The van der Waals surface area contributed by atoms with Crippen molar-refractivity contribution in [1.82, 2.24) is 15.1 Å². The molecule has 4 heteroatoms. The molecule has 0 aromatic heterocycles. The van der Waals surface area contributed by atoms with Crippen molar-refractivity contribution in [1.29, 1.82) is 0 Å². The van der Waals surface area contributed by atoms with Crippen LogP contribution in [0.15, 0.2) is 28.7 Å². The van der Waals surface area contributed by atoms with E-state index in [1.54, 1.807) is 5.56 Å². The van der Waals surface area contributed by atoms with Crippen molar-refractivity contribution in [3.8, 4) is 0 Å². The van der Waals surface area contributed by atoms with Crippen molar-refractivity contribution in [2.24, 2.45) is 5.92 Å². The second-order valence-electron chi connectivity index (χ2n) is 8.07. The molecule has 1 aromatic carbocycles. The van der Waals surface area contributed by atoms with E-state index in [0.717, 1.165) is 12.0 Å². The third-order valence-corrected chi connectivity index (χ3v) is 7.07. The summed E-state index contributed by atoms with van der Waals surface area (Å²) in [5.74, 6) is 0.871. The van der Waals surface area contributed by atoms with Crippen LogP contribution in [-0.4, -0.2) is 62.2 Å². The predicted octanol–water partition coefficient (Wildman–Crippen LogP) is 3.10. The number of nitrogens with zero attached hydrogens (tertiary/aromatic N) is 2. The van der Waals surface area contributed by atoms with Gasteiger partial charge in [0.25, 0.3) is 0 Å². The minimum atomic E-state index is 0.499. The van der Waals surface area contributed by atoms with Crippen molar-refractivity contribution in [2.75, 3.05) is 46.3 Å². The number of fused-ring (bicyclic) bond motifs is 1. The molecule has 0 bridgehead atoms. The van der Waals surface area contributed by atoms with Crippen molar-refractivity contribution in [3.05, 3.63) is 34.3 Å². The number of hydrogen-bond donors (Lipinski definition) is 1. The fourth-order valence-electron chi connectivity index (χ4n) is 4.94. The first-order valence-corrected chi connectivity index (χ1v) is 10.4. The van der Waals surface area contributed by atoms with E-state index in [0.29, 0.717) is 5.41 Å². The van der Waals surface area contributed by atoms with Gasteiger partial charge in [0.15, 0.2) is 0 Å². The van der Waals surface area contributed by atoms with Gasteiger partial charge in [-0.15, -0.1) is 0 Å². The van der Waals surface area contributed by atoms with E-state index in [1.165, 1.54) is 69.4 Å². The van der Waals surface area contributed by atoms with Gasteiger partial charge in [-0.2, -0.15) is 0 Å². The van der Waals surface area contributed by atoms with Crippen LogP contribution in [0.3, 0.4) is 0 Å². The summed E-state index contributed by atoms with van der Waals surface area (Å²) in [6.45, 7) is 7.39. The zero-order valence-corrected chi connectivity index (χ0v) is 16.4. The number of halogens is 1. The first kappa shape index (κ1) is 17.0. The number of nitrogens with one attached hydrogen (secondary N) is 1. The quantitative estimate of drug-likeness (QED) is 0.751. The summed E-state index contributed by atoms with van der Waals surface area (Å²) in [6, 6.07) is 9.76. The Labute approximate surface area is 154 Å². The van der Waals surface area contributed by atoms with Crippen LogP contribution in [0.4, 0.5) is 0 Å². The van der Waals surface area contributed by atoms with E-state index in [2.05, 4.69) is 62.4 Å². The van der Waals surface area contributed by atoms with Gasteiger partial charge < -0.3 is 15.1 Å². The van der Waals surface area contributed by atoms with Crippen LogP contribution in [-0.2, 0) is 5.41 Å². The maximum Gasteiger partial charge on any atom is 0.0178 e. The highest BCUT2D eigenvalue weighted by molar-refractivity contribution is 9.10. The molecule has 0 radical (unpaired) electrons. The molecular formula is C20H30BrN3. The van der Waals surface area contributed by atoms with Crippen LogP contribution in [0.1, 0.15) is 31.2 Å². The molecule has 0 spiro atoms. The smallest absolute Gasteiger partial charge is 0.0178 e. The summed E-state index contributed by atoms with van der Waals surface area (Å²) in [5, 5.41) is 3.88. The topological polar surface area (TPSA) is 18.5 Å². The molecular weight excluding hydrogens is 362 g/mol. The standard InChI is InChI=1S/C20H30BrN3/c1-23-10-12-24(13-11-23)9-3-8-22-19-6-7-20(15-18(19)20)16-4-2-5-17(21)14-16/h2,4-5,14,18-19,22H,3,6-13,15H2,1H3/t18-,19?,20-/m1/s1. The van der Waals surface area contributed by atoms with Crippen LogP contribution in [0.25, 0.3) is 0 Å². The highest BCUT2D eigenvalue weighted by atomic mass is 79.9. The van der Waals surface area contributed by atoms with E-state index in [4.69, 9.17) is 0 Å². The van der Waals surface area contributed by atoms with Crippen LogP contribution < -0.4 is 5.32 Å². The van der Waals surface area contributed by atoms with Gasteiger partial charge in [-0.05, 0) is 69.4 Å². The molecule has 1 aromatic rings. The van der Waals surface area contributed by atoms with Crippen LogP contribution in [0, 0.1) is 5.92 Å². The average molecular weight is 392 g/mol. The van der Waals surface area contributed by atoms with Crippen LogP contribution in [0.2, 0.25) is 0 Å². The van der Waals surface area contributed by atoms with E-state index >= 15 is 0 Å². The Hall–Kier alpha value is -0.420. The van der Waals surface area contributed by atoms with Gasteiger partial charge in [-0.3, -0.25) is 0 Å². The lowest BCUT2D eigenvalue weighted by atomic mass is 9.93. The normalized spacial score (nSPS) is 33.6. The van der Waals surface area contributed by atoms with E-state index in [-0.39, 0.29) is 0 Å². The second-order valence-corrected chi connectivity index (χ2v) is 8.99. The summed E-state index contributed by atoms with van der Waals surface area (Å²) < 4.78 is 1.23. The minimum absolute atomic E-state index is 0.499. The van der Waals surface area contributed by atoms with Crippen molar-refractivity contribution in [3.63, 3.8) is 0 Å². The van der Waals surface area contributed by atoms with Gasteiger partial charge in [0.1, 0.15) is 0 Å². The summed E-state index contributed by atoms with van der Waals surface area (Å²) in [5.41, 5.74) is 2.06. The summed E-state index contributed by atoms with van der Waals surface area (Å²) in [7, 11) is 2.23. The fraction of sp³-hybridized carbons (Fsp3) is 0.700. The van der Waals surface area contributed by atoms with E-state index in [1.807, 2.05) is 0 Å². The molecule has 1 unspecified atom stereocenters. The third-order valence-electron chi connectivity index (χ3n) is 6.57. The first-order chi connectivity index (χ1) is 11.7. The lowest BCUT2D eigenvalue weighted by Crippen LogP contribution is -2.45. The highest BCUT2D eigenvalue weighted by Crippen LogP contribution is 2.64. The van der Waals surface area contributed by atoms with Gasteiger partial charge in [0.05, 0.1) is 0 Å². The van der Waals surface area contributed by atoms with Gasteiger partial charge in [-0.1, -0.05) is 28.1 Å². The lowest BCUT2D eigenvalue weighted by Gasteiger charge is -2.32. The Morgan fingerprint density at radius 3 is 2.83 bits per heavy atom. The molecule has 1 saturated heterocycles. The van der Waals surface area contributed by atoms with E-state index < -0.39 is 0 Å². The molecule has 3 fully saturated rings. The SMILES string of the molecule is CN1CCN(CCCNC2CC[C@]3(c4cccc(Br)c4)C[C@H]23)CC1. The zero-order chi connectivity index (χ0) is 16.6. The Balaban J connectivity index is 1.21. The molecule has 132 valence electrons. The molecule has 24 heavy (non-hydrogen) atoms. The Kier molecular flexibility index (Phi) is 5.01. The zero-order valence-electron chi connectivity index (χ0n) is 14.8. The Morgan fingerprint density at radius 1 is 1.25 bits per heavy atom. The number of benzene rings is 1. The average Bonchev–Trinajstić information content (AvgIpc) is 3.22. The number of hydrogen-bond acceptors (Lipinski definition) is 3. The van der Waals surface area contributed by atoms with Crippen molar-refractivity contribution in [2.45, 2.75) is 37.1 Å². The molecule has 2 saturated carbocycles. The predicted molar refractivity (Wildman–Crippen MR) is 104 cm³/mol. The first-order valence-electron chi connectivity index (χ1n) is 9.58. The molecule has 3 nitrogen and oxygen atoms in total. The Morgan fingerprint density at radius 2 is 2.08 bits per heavy atom. The second kappa shape index (κ2) is 7.06. The number of rotatable bonds is 6. The summed E-state index contributed by atoms with van der Waals surface area (Å²) in [4.78, 5) is 5.06. The Bertz CT molecular complexity index is 570. The summed E-state index contributed by atoms with van der Waals surface area (Å²) in [6.07, 6.45) is 5.40. The molecule has 0 amide bonds. The molecule has 2 aliphatic carbocycles. The van der Waals surface area contributed by atoms with Gasteiger partial charge in [0, 0.05) is 42.1 Å². The minimum Gasteiger partial charge on any atom is -0.314 e. The largest absolute Gasteiger partial charge is 0.314 e. The molecule has 3 atom stereocenters. The van der Waals surface area contributed by atoms with Crippen LogP contribution >= 0.6 is 15.9 Å². The molecule has 4 rings (SSSR count). The van der Waals surface area contributed by atoms with E-state index in [9.17, 15) is 0 Å². The highest BCUT2D eigenvalue weighted by Gasteiger charge is 2.62. The molecule has 3 aliphatic rings. The maximum atomic E-state index is 3.88.